The summed E-state index contributed by atoms with van der Waals surface area (Å²) < 4.78 is 0. The Balaban J connectivity index is 2.18. The highest BCUT2D eigenvalue weighted by Crippen LogP contribution is 2.24. The van der Waals surface area contributed by atoms with Gasteiger partial charge in [0.25, 0.3) is 0 Å². The molecule has 90 valence electrons. The monoisotopic (exact) mass is 246 g/mol. The van der Waals surface area contributed by atoms with E-state index in [1.807, 2.05) is 0 Å². The van der Waals surface area contributed by atoms with E-state index in [4.69, 9.17) is 5.73 Å². The van der Waals surface area contributed by atoms with E-state index in [9.17, 15) is 0 Å². The van der Waals surface area contributed by atoms with E-state index in [0.717, 1.165) is 25.0 Å². The van der Waals surface area contributed by atoms with Crippen LogP contribution in [0.2, 0.25) is 0 Å². The number of anilines is 1. The van der Waals surface area contributed by atoms with Gasteiger partial charge in [-0.15, -0.1) is 11.3 Å². The van der Waals surface area contributed by atoms with Crippen LogP contribution in [0, 0.1) is 0 Å². The summed E-state index contributed by atoms with van der Waals surface area (Å²) in [5, 5.41) is 0.682. The van der Waals surface area contributed by atoms with Crippen LogP contribution in [0.25, 0.3) is 0 Å². The molecule has 17 heavy (non-hydrogen) atoms. The second-order valence-corrected chi connectivity index (χ2v) is 5.24. The number of rotatable bonds is 4. The zero-order chi connectivity index (χ0) is 12.3. The highest BCUT2D eigenvalue weighted by molar-refractivity contribution is 7.15. The smallest absolute Gasteiger partial charge is 0.180 e. The molecule has 0 amide bonds. The van der Waals surface area contributed by atoms with Gasteiger partial charge in [-0.05, 0) is 24.0 Å². The molecular weight excluding hydrogens is 228 g/mol. The molecule has 0 aliphatic rings. The molecule has 1 heterocycles. The van der Waals surface area contributed by atoms with Gasteiger partial charge >= 0.3 is 0 Å². The van der Waals surface area contributed by atoms with Gasteiger partial charge in [-0.2, -0.15) is 0 Å². The van der Waals surface area contributed by atoms with E-state index in [2.05, 4.69) is 43.1 Å². The van der Waals surface area contributed by atoms with E-state index in [-0.39, 0.29) is 0 Å². The molecule has 2 rings (SSSR count). The molecule has 1 aromatic heterocycles. The van der Waals surface area contributed by atoms with Gasteiger partial charge in [-0.3, -0.25) is 0 Å². The normalized spacial score (nSPS) is 10.7. The highest BCUT2D eigenvalue weighted by Gasteiger charge is 2.08. The van der Waals surface area contributed by atoms with Crippen molar-refractivity contribution >= 4 is 16.5 Å². The van der Waals surface area contributed by atoms with E-state index >= 15 is 0 Å². The van der Waals surface area contributed by atoms with Crippen molar-refractivity contribution in [2.24, 2.45) is 0 Å². The number of benzene rings is 1. The van der Waals surface area contributed by atoms with Crippen molar-refractivity contribution in [1.29, 1.82) is 0 Å². The number of nitrogens with two attached hydrogens (primary N) is 1. The standard InChI is InChI=1S/C14H18N2S/c1-3-10-5-7-11(8-6-10)9-13-12(4-2)16-14(15)17-13/h5-8H,3-4,9H2,1-2H3,(H2,15,16). The van der Waals surface area contributed by atoms with Crippen LogP contribution in [-0.2, 0) is 19.3 Å². The third kappa shape index (κ3) is 2.86. The predicted molar refractivity (Wildman–Crippen MR) is 74.5 cm³/mol. The van der Waals surface area contributed by atoms with E-state index in [1.54, 1.807) is 11.3 Å². The van der Waals surface area contributed by atoms with Crippen LogP contribution in [0.15, 0.2) is 24.3 Å². The van der Waals surface area contributed by atoms with E-state index < -0.39 is 0 Å². The third-order valence-corrected chi connectivity index (χ3v) is 3.85. The predicted octanol–water partition coefficient (Wildman–Crippen LogP) is 3.44. The van der Waals surface area contributed by atoms with E-state index in [1.165, 1.54) is 16.0 Å². The van der Waals surface area contributed by atoms with Crippen molar-refractivity contribution in [1.82, 2.24) is 4.98 Å². The van der Waals surface area contributed by atoms with Crippen LogP contribution in [0.4, 0.5) is 5.13 Å². The fourth-order valence-corrected chi connectivity index (χ4v) is 2.85. The molecule has 1 aromatic carbocycles. The summed E-state index contributed by atoms with van der Waals surface area (Å²) in [7, 11) is 0. The zero-order valence-corrected chi connectivity index (χ0v) is 11.2. The van der Waals surface area contributed by atoms with Crippen molar-refractivity contribution in [3.8, 4) is 0 Å². The van der Waals surface area contributed by atoms with Crippen LogP contribution in [0.1, 0.15) is 35.5 Å². The Kier molecular flexibility index (Phi) is 3.79. The lowest BCUT2D eigenvalue weighted by atomic mass is 10.1. The van der Waals surface area contributed by atoms with Gasteiger partial charge in [0.15, 0.2) is 5.13 Å². The molecule has 2 N–H and O–H groups in total. The molecule has 2 aromatic rings. The highest BCUT2D eigenvalue weighted by atomic mass is 32.1. The Labute approximate surface area is 107 Å². The molecule has 0 saturated carbocycles. The summed E-state index contributed by atoms with van der Waals surface area (Å²) >= 11 is 1.61. The molecule has 0 radical (unpaired) electrons. The molecule has 0 unspecified atom stereocenters. The average Bonchev–Trinajstić information content (AvgIpc) is 2.70. The third-order valence-electron chi connectivity index (χ3n) is 2.93. The molecule has 0 saturated heterocycles. The van der Waals surface area contributed by atoms with E-state index in [0.29, 0.717) is 5.13 Å². The van der Waals surface area contributed by atoms with Gasteiger partial charge in [0.1, 0.15) is 0 Å². The van der Waals surface area contributed by atoms with Crippen LogP contribution < -0.4 is 5.73 Å². The maximum atomic E-state index is 5.76. The maximum absolute atomic E-state index is 5.76. The van der Waals surface area contributed by atoms with Gasteiger partial charge < -0.3 is 5.73 Å². The molecule has 0 aliphatic heterocycles. The largest absolute Gasteiger partial charge is 0.375 e. The average molecular weight is 246 g/mol. The molecule has 0 aliphatic carbocycles. The fraction of sp³-hybridized carbons (Fsp3) is 0.357. The topological polar surface area (TPSA) is 38.9 Å². The minimum Gasteiger partial charge on any atom is -0.375 e. The SMILES string of the molecule is CCc1ccc(Cc2sc(N)nc2CC)cc1. The first-order valence-corrected chi connectivity index (χ1v) is 6.86. The number of hydrogen-bond donors (Lipinski definition) is 1. The second kappa shape index (κ2) is 5.32. The van der Waals surface area contributed by atoms with Crippen molar-refractivity contribution in [3.05, 3.63) is 46.0 Å². The first-order valence-electron chi connectivity index (χ1n) is 6.04. The van der Waals surface area contributed by atoms with Crippen LogP contribution in [-0.4, -0.2) is 4.98 Å². The Bertz CT molecular complexity index is 485. The molecule has 0 bridgehead atoms. The Morgan fingerprint density at radius 1 is 1.06 bits per heavy atom. The van der Waals surface area contributed by atoms with Crippen molar-refractivity contribution in [2.75, 3.05) is 5.73 Å². The summed E-state index contributed by atoms with van der Waals surface area (Å²) in [5.74, 6) is 0. The quantitative estimate of drug-likeness (QED) is 0.897. The summed E-state index contributed by atoms with van der Waals surface area (Å²) in [6.45, 7) is 4.30. The lowest BCUT2D eigenvalue weighted by Gasteiger charge is -2.02. The first-order chi connectivity index (χ1) is 8.22. The number of nitrogen functional groups attached to an aromatic ring is 1. The second-order valence-electron chi connectivity index (χ2n) is 4.12. The lowest BCUT2D eigenvalue weighted by molar-refractivity contribution is 1.02. The van der Waals surface area contributed by atoms with Crippen molar-refractivity contribution in [2.45, 2.75) is 33.1 Å². The zero-order valence-electron chi connectivity index (χ0n) is 10.4. The number of aromatic nitrogens is 1. The van der Waals surface area contributed by atoms with Crippen LogP contribution in [0.5, 0.6) is 0 Å². The fourth-order valence-electron chi connectivity index (χ4n) is 1.90. The Morgan fingerprint density at radius 2 is 1.71 bits per heavy atom. The lowest BCUT2D eigenvalue weighted by Crippen LogP contribution is -1.91. The Hall–Kier alpha value is -1.35. The molecule has 2 nitrogen and oxygen atoms in total. The maximum Gasteiger partial charge on any atom is 0.180 e. The molecule has 0 spiro atoms. The van der Waals surface area contributed by atoms with Crippen LogP contribution in [0.3, 0.4) is 0 Å². The van der Waals surface area contributed by atoms with Crippen molar-refractivity contribution < 1.29 is 0 Å². The molecule has 0 fully saturated rings. The molecular formula is C14H18N2S. The van der Waals surface area contributed by atoms with Gasteiger partial charge in [-0.1, -0.05) is 38.1 Å². The molecule has 3 heteroatoms. The summed E-state index contributed by atoms with van der Waals surface area (Å²) in [5.41, 5.74) is 9.62. The first kappa shape index (κ1) is 12.1. The molecule has 0 atom stereocenters. The summed E-state index contributed by atoms with van der Waals surface area (Å²) in [6, 6.07) is 8.80. The number of nitrogens with zero attached hydrogens (tertiary/aromatic N) is 1. The van der Waals surface area contributed by atoms with Gasteiger partial charge in [0.05, 0.1) is 5.69 Å². The van der Waals surface area contributed by atoms with Crippen molar-refractivity contribution in [3.63, 3.8) is 0 Å². The minimum atomic E-state index is 0.682. The van der Waals surface area contributed by atoms with Gasteiger partial charge in [0.2, 0.25) is 0 Å². The number of aryl methyl sites for hydroxylation is 2. The number of hydrogen-bond acceptors (Lipinski definition) is 3. The number of thiazole rings is 1. The van der Waals surface area contributed by atoms with Crippen LogP contribution >= 0.6 is 11.3 Å². The Morgan fingerprint density at radius 3 is 2.29 bits per heavy atom. The van der Waals surface area contributed by atoms with Gasteiger partial charge in [0, 0.05) is 11.3 Å². The van der Waals surface area contributed by atoms with Gasteiger partial charge in [-0.25, -0.2) is 4.98 Å². The minimum absolute atomic E-state index is 0.682. The summed E-state index contributed by atoms with van der Waals surface area (Å²) in [6.07, 6.45) is 2.99. The summed E-state index contributed by atoms with van der Waals surface area (Å²) in [4.78, 5) is 5.66.